The highest BCUT2D eigenvalue weighted by molar-refractivity contribution is 5.79. The van der Waals surface area contributed by atoms with Crippen LogP contribution in [0.3, 0.4) is 0 Å². The van der Waals surface area contributed by atoms with E-state index in [1.807, 2.05) is 47.1 Å². The van der Waals surface area contributed by atoms with Crippen molar-refractivity contribution in [1.82, 2.24) is 15.1 Å². The van der Waals surface area contributed by atoms with Gasteiger partial charge in [0.05, 0.1) is 12.1 Å². The summed E-state index contributed by atoms with van der Waals surface area (Å²) >= 11 is 0. The Labute approximate surface area is 131 Å². The normalized spacial score (nSPS) is 24.3. The lowest BCUT2D eigenvalue weighted by Crippen LogP contribution is -2.54. The molecule has 5 heteroatoms. The lowest BCUT2D eigenvalue weighted by Gasteiger charge is -2.39. The van der Waals surface area contributed by atoms with Gasteiger partial charge in [-0.3, -0.25) is 4.79 Å². The van der Waals surface area contributed by atoms with E-state index in [0.717, 1.165) is 31.5 Å². The van der Waals surface area contributed by atoms with Crippen LogP contribution in [0.4, 0.5) is 4.79 Å². The molecule has 2 atom stereocenters. The molecule has 5 nitrogen and oxygen atoms in total. The molecule has 2 fully saturated rings. The van der Waals surface area contributed by atoms with Gasteiger partial charge in [0.1, 0.15) is 0 Å². The van der Waals surface area contributed by atoms with Gasteiger partial charge in [-0.2, -0.15) is 0 Å². The van der Waals surface area contributed by atoms with E-state index < -0.39 is 0 Å². The van der Waals surface area contributed by atoms with Crippen molar-refractivity contribution in [3.63, 3.8) is 0 Å². The first kappa shape index (κ1) is 14.9. The molecule has 2 aliphatic rings. The van der Waals surface area contributed by atoms with E-state index in [1.165, 1.54) is 0 Å². The lowest BCUT2D eigenvalue weighted by atomic mass is 9.96. The van der Waals surface area contributed by atoms with E-state index in [9.17, 15) is 9.59 Å². The molecular weight excluding hydrogens is 278 g/mol. The quantitative estimate of drug-likeness (QED) is 0.928. The number of fused-ring (bicyclic) bond motifs is 1. The van der Waals surface area contributed by atoms with Crippen LogP contribution in [-0.2, 0) is 11.3 Å². The molecule has 0 aromatic heterocycles. The first-order valence-electron chi connectivity index (χ1n) is 8.08. The molecule has 1 aromatic carbocycles. The van der Waals surface area contributed by atoms with Crippen LogP contribution >= 0.6 is 0 Å². The van der Waals surface area contributed by atoms with Gasteiger partial charge in [-0.15, -0.1) is 0 Å². The van der Waals surface area contributed by atoms with Crippen molar-refractivity contribution in [2.45, 2.75) is 44.8 Å². The minimum Gasteiger partial charge on any atom is -0.338 e. The van der Waals surface area contributed by atoms with Crippen molar-refractivity contribution in [3.8, 4) is 0 Å². The number of amides is 3. The van der Waals surface area contributed by atoms with Gasteiger partial charge in [0.15, 0.2) is 0 Å². The van der Waals surface area contributed by atoms with Crippen molar-refractivity contribution >= 4 is 11.9 Å². The number of nitrogens with one attached hydrogen (secondary N) is 1. The minimum absolute atomic E-state index is 0.0123. The zero-order chi connectivity index (χ0) is 15.5. The van der Waals surface area contributed by atoms with E-state index in [1.54, 1.807) is 0 Å². The zero-order valence-electron chi connectivity index (χ0n) is 13.0. The first-order valence-corrected chi connectivity index (χ1v) is 8.08. The largest absolute Gasteiger partial charge is 0.338 e. The first-order chi connectivity index (χ1) is 10.7. The van der Waals surface area contributed by atoms with Gasteiger partial charge in [0, 0.05) is 26.1 Å². The number of carbonyl (C=O) groups is 2. The molecule has 3 rings (SSSR count). The van der Waals surface area contributed by atoms with Crippen LogP contribution in [0.2, 0.25) is 0 Å². The maximum Gasteiger partial charge on any atom is 0.317 e. The third-order valence-electron chi connectivity index (χ3n) is 4.77. The highest BCUT2D eigenvalue weighted by Crippen LogP contribution is 2.31. The van der Waals surface area contributed by atoms with Gasteiger partial charge in [-0.05, 0) is 25.3 Å². The van der Waals surface area contributed by atoms with Gasteiger partial charge >= 0.3 is 6.03 Å². The molecule has 0 spiro atoms. The van der Waals surface area contributed by atoms with E-state index in [4.69, 9.17) is 0 Å². The van der Waals surface area contributed by atoms with E-state index in [0.29, 0.717) is 13.0 Å². The summed E-state index contributed by atoms with van der Waals surface area (Å²) in [6.45, 7) is 4.03. The molecule has 22 heavy (non-hydrogen) atoms. The van der Waals surface area contributed by atoms with Crippen molar-refractivity contribution in [1.29, 1.82) is 0 Å². The number of carbonyl (C=O) groups excluding carboxylic acids is 2. The van der Waals surface area contributed by atoms with Gasteiger partial charge in [0.2, 0.25) is 5.91 Å². The number of hydrogen-bond donors (Lipinski definition) is 1. The van der Waals surface area contributed by atoms with E-state index in [-0.39, 0.29) is 24.0 Å². The Kier molecular flexibility index (Phi) is 4.32. The highest BCUT2D eigenvalue weighted by Gasteiger charge is 2.44. The van der Waals surface area contributed by atoms with Crippen molar-refractivity contribution < 1.29 is 9.59 Å². The average molecular weight is 301 g/mol. The summed E-state index contributed by atoms with van der Waals surface area (Å²) in [4.78, 5) is 28.3. The molecule has 2 aliphatic heterocycles. The maximum absolute atomic E-state index is 12.5. The molecule has 2 heterocycles. The summed E-state index contributed by atoms with van der Waals surface area (Å²) in [5.74, 6) is 0.232. The fraction of sp³-hybridized carbons (Fsp3) is 0.529. The summed E-state index contributed by atoms with van der Waals surface area (Å²) in [5, 5.41) is 3.00. The second-order valence-corrected chi connectivity index (χ2v) is 5.98. The number of piperidine rings is 1. The predicted octanol–water partition coefficient (Wildman–Crippen LogP) is 1.98. The summed E-state index contributed by atoms with van der Waals surface area (Å²) in [5.41, 5.74) is 1.10. The lowest BCUT2D eigenvalue weighted by molar-refractivity contribution is -0.137. The number of likely N-dealkylation sites (N-methyl/N-ethyl adjacent to an activating group) is 1. The van der Waals surface area contributed by atoms with Crippen molar-refractivity contribution in [3.05, 3.63) is 35.9 Å². The second-order valence-electron chi connectivity index (χ2n) is 5.98. The Morgan fingerprint density at radius 1 is 1.23 bits per heavy atom. The van der Waals surface area contributed by atoms with Crippen LogP contribution in [-0.4, -0.2) is 46.9 Å². The van der Waals surface area contributed by atoms with Crippen LogP contribution in [0.1, 0.15) is 31.7 Å². The molecule has 1 N–H and O–H groups in total. The number of nitrogens with zero attached hydrogens (tertiary/aromatic N) is 2. The summed E-state index contributed by atoms with van der Waals surface area (Å²) in [6.07, 6.45) is 2.24. The Bertz CT molecular complexity index is 546. The van der Waals surface area contributed by atoms with Crippen LogP contribution in [0.5, 0.6) is 0 Å². The highest BCUT2D eigenvalue weighted by atomic mass is 16.2. The molecule has 0 radical (unpaired) electrons. The van der Waals surface area contributed by atoms with Crippen molar-refractivity contribution in [2.24, 2.45) is 0 Å². The molecule has 1 aromatic rings. The number of rotatable bonds is 3. The fourth-order valence-electron chi connectivity index (χ4n) is 3.69. The van der Waals surface area contributed by atoms with Crippen LogP contribution in [0, 0.1) is 0 Å². The van der Waals surface area contributed by atoms with Crippen molar-refractivity contribution in [2.75, 3.05) is 13.1 Å². The van der Waals surface area contributed by atoms with Gasteiger partial charge in [0.25, 0.3) is 0 Å². The zero-order valence-corrected chi connectivity index (χ0v) is 13.0. The fourth-order valence-corrected chi connectivity index (χ4v) is 3.69. The number of hydrogen-bond acceptors (Lipinski definition) is 2. The molecule has 0 unspecified atom stereocenters. The van der Waals surface area contributed by atoms with Crippen LogP contribution in [0.15, 0.2) is 30.3 Å². The Hall–Kier alpha value is -2.04. The smallest absolute Gasteiger partial charge is 0.317 e. The average Bonchev–Trinajstić information content (AvgIpc) is 2.97. The Balaban J connectivity index is 1.61. The van der Waals surface area contributed by atoms with Gasteiger partial charge in [-0.1, -0.05) is 30.3 Å². The van der Waals surface area contributed by atoms with Crippen LogP contribution < -0.4 is 5.32 Å². The third kappa shape index (κ3) is 2.80. The number of benzene rings is 1. The molecular formula is C17H23N3O2. The summed E-state index contributed by atoms with van der Waals surface area (Å²) in [7, 11) is 0. The van der Waals surface area contributed by atoms with E-state index >= 15 is 0 Å². The third-order valence-corrected chi connectivity index (χ3v) is 4.77. The van der Waals surface area contributed by atoms with E-state index in [2.05, 4.69) is 5.32 Å². The van der Waals surface area contributed by atoms with Crippen LogP contribution in [0.25, 0.3) is 0 Å². The topological polar surface area (TPSA) is 52.7 Å². The van der Waals surface area contributed by atoms with Gasteiger partial charge < -0.3 is 15.1 Å². The molecule has 0 bridgehead atoms. The Morgan fingerprint density at radius 2 is 2.00 bits per heavy atom. The monoisotopic (exact) mass is 301 g/mol. The summed E-state index contributed by atoms with van der Waals surface area (Å²) in [6, 6.07) is 10.3. The predicted molar refractivity (Wildman–Crippen MR) is 84.2 cm³/mol. The molecule has 3 amide bonds. The number of urea groups is 1. The Morgan fingerprint density at radius 3 is 2.73 bits per heavy atom. The second kappa shape index (κ2) is 6.38. The molecule has 2 saturated heterocycles. The summed E-state index contributed by atoms with van der Waals surface area (Å²) < 4.78 is 0. The van der Waals surface area contributed by atoms with Gasteiger partial charge in [-0.25, -0.2) is 4.79 Å². The minimum atomic E-state index is -0.0123. The standard InChI is InChI=1S/C17H23N3O2/c1-2-19-15-10-11-20(14(15)8-9-16(19)21)17(22)18-12-13-6-4-3-5-7-13/h3-7,14-15H,2,8-12H2,1H3,(H,18,22)/t14-,15-/m1/s1. The molecule has 0 aliphatic carbocycles. The number of likely N-dealkylation sites (tertiary alicyclic amines) is 2. The molecule has 0 saturated carbocycles. The maximum atomic E-state index is 12.5. The SMILES string of the molecule is CCN1C(=O)CC[C@@H]2[C@H]1CCN2C(=O)NCc1ccccc1. The molecule has 118 valence electrons.